The van der Waals surface area contributed by atoms with Gasteiger partial charge in [-0.15, -0.1) is 0 Å². The Hall–Kier alpha value is -0.570. The second-order valence-corrected chi connectivity index (χ2v) is 5.13. The molecule has 1 atom stereocenters. The maximum Gasteiger partial charge on any atom is 0.222 e. The number of amides is 1. The van der Waals surface area contributed by atoms with Crippen molar-refractivity contribution in [1.82, 2.24) is 10.2 Å². The second-order valence-electron chi connectivity index (χ2n) is 5.13. The molecule has 1 N–H and O–H groups in total. The molecule has 1 aliphatic rings. The van der Waals surface area contributed by atoms with Gasteiger partial charge in [0.15, 0.2) is 0 Å². The third-order valence-corrected chi connectivity index (χ3v) is 3.69. The van der Waals surface area contributed by atoms with Gasteiger partial charge in [0.05, 0.1) is 0 Å². The average molecular weight is 240 g/mol. The van der Waals surface area contributed by atoms with Crippen LogP contribution in [0.5, 0.6) is 0 Å². The molecular formula is C14H28N2O. The van der Waals surface area contributed by atoms with Crippen molar-refractivity contribution in [2.75, 3.05) is 20.1 Å². The molecule has 17 heavy (non-hydrogen) atoms. The van der Waals surface area contributed by atoms with Crippen LogP contribution in [-0.2, 0) is 4.79 Å². The number of carbonyl (C=O) groups excluding carboxylic acids is 1. The first-order valence-corrected chi connectivity index (χ1v) is 7.23. The first kappa shape index (κ1) is 14.5. The quantitative estimate of drug-likeness (QED) is 0.661. The summed E-state index contributed by atoms with van der Waals surface area (Å²) >= 11 is 0. The van der Waals surface area contributed by atoms with Crippen molar-refractivity contribution in [2.45, 2.75) is 64.3 Å². The topological polar surface area (TPSA) is 32.3 Å². The Labute approximate surface area is 106 Å². The predicted octanol–water partition coefficient (Wildman–Crippen LogP) is 2.56. The van der Waals surface area contributed by atoms with E-state index in [-0.39, 0.29) is 0 Å². The number of carbonyl (C=O) groups is 1. The molecule has 0 aromatic heterocycles. The first-order valence-electron chi connectivity index (χ1n) is 7.23. The predicted molar refractivity (Wildman–Crippen MR) is 72.0 cm³/mol. The lowest BCUT2D eigenvalue weighted by Crippen LogP contribution is -2.33. The van der Waals surface area contributed by atoms with E-state index in [1.54, 1.807) is 0 Å². The maximum atomic E-state index is 11.9. The van der Waals surface area contributed by atoms with E-state index in [9.17, 15) is 4.79 Å². The lowest BCUT2D eigenvalue weighted by atomic mass is 10.1. The SMILES string of the molecule is CCCCCCCCC(=O)N1CCC(NC)C1. The van der Waals surface area contributed by atoms with Crippen LogP contribution in [0.2, 0.25) is 0 Å². The zero-order valence-electron chi connectivity index (χ0n) is 11.5. The molecule has 3 heteroatoms. The van der Waals surface area contributed by atoms with Crippen molar-refractivity contribution in [3.8, 4) is 0 Å². The van der Waals surface area contributed by atoms with Crippen molar-refractivity contribution in [2.24, 2.45) is 0 Å². The molecule has 1 aliphatic heterocycles. The van der Waals surface area contributed by atoms with Gasteiger partial charge >= 0.3 is 0 Å². The molecule has 0 spiro atoms. The second kappa shape index (κ2) is 8.51. The van der Waals surface area contributed by atoms with Crippen LogP contribution in [0.1, 0.15) is 58.3 Å². The molecule has 1 heterocycles. The molecule has 0 radical (unpaired) electrons. The van der Waals surface area contributed by atoms with Crippen molar-refractivity contribution < 1.29 is 4.79 Å². The molecule has 1 rings (SSSR count). The van der Waals surface area contributed by atoms with Gasteiger partial charge < -0.3 is 10.2 Å². The van der Waals surface area contributed by atoms with Gasteiger partial charge in [0.25, 0.3) is 0 Å². The van der Waals surface area contributed by atoms with Crippen LogP contribution in [0.3, 0.4) is 0 Å². The highest BCUT2D eigenvalue weighted by Crippen LogP contribution is 2.13. The summed E-state index contributed by atoms with van der Waals surface area (Å²) in [6, 6.07) is 0.517. The van der Waals surface area contributed by atoms with Gasteiger partial charge in [0.2, 0.25) is 5.91 Å². The lowest BCUT2D eigenvalue weighted by molar-refractivity contribution is -0.130. The summed E-state index contributed by atoms with van der Waals surface area (Å²) in [6.07, 6.45) is 9.40. The number of hydrogen-bond acceptors (Lipinski definition) is 2. The Kier molecular flexibility index (Phi) is 7.25. The van der Waals surface area contributed by atoms with E-state index in [0.717, 1.165) is 32.4 Å². The van der Waals surface area contributed by atoms with Gasteiger partial charge in [-0.2, -0.15) is 0 Å². The molecule has 0 bridgehead atoms. The van der Waals surface area contributed by atoms with Gasteiger partial charge in [-0.25, -0.2) is 0 Å². The van der Waals surface area contributed by atoms with E-state index >= 15 is 0 Å². The van der Waals surface area contributed by atoms with Crippen molar-refractivity contribution >= 4 is 5.91 Å². The van der Waals surface area contributed by atoms with Crippen LogP contribution >= 0.6 is 0 Å². The van der Waals surface area contributed by atoms with Crippen LogP contribution in [0.4, 0.5) is 0 Å². The minimum Gasteiger partial charge on any atom is -0.341 e. The average Bonchev–Trinajstić information content (AvgIpc) is 2.82. The highest BCUT2D eigenvalue weighted by Gasteiger charge is 2.24. The number of nitrogens with zero attached hydrogens (tertiary/aromatic N) is 1. The van der Waals surface area contributed by atoms with Crippen molar-refractivity contribution in [1.29, 1.82) is 0 Å². The third-order valence-electron chi connectivity index (χ3n) is 3.69. The summed E-state index contributed by atoms with van der Waals surface area (Å²) in [7, 11) is 1.98. The number of hydrogen-bond donors (Lipinski definition) is 1. The summed E-state index contributed by atoms with van der Waals surface area (Å²) in [6.45, 7) is 4.08. The highest BCUT2D eigenvalue weighted by molar-refractivity contribution is 5.76. The molecular weight excluding hydrogens is 212 g/mol. The summed E-state index contributed by atoms with van der Waals surface area (Å²) < 4.78 is 0. The molecule has 3 nitrogen and oxygen atoms in total. The Bertz CT molecular complexity index is 218. The fraction of sp³-hybridized carbons (Fsp3) is 0.929. The van der Waals surface area contributed by atoms with Crippen LogP contribution in [0.25, 0.3) is 0 Å². The minimum atomic E-state index is 0.359. The van der Waals surface area contributed by atoms with Gasteiger partial charge in [0, 0.05) is 25.6 Å². The van der Waals surface area contributed by atoms with Gasteiger partial charge in [0.1, 0.15) is 0 Å². The molecule has 100 valence electrons. The van der Waals surface area contributed by atoms with Crippen LogP contribution in [0.15, 0.2) is 0 Å². The molecule has 1 amide bonds. The number of likely N-dealkylation sites (N-methyl/N-ethyl adjacent to an activating group) is 1. The van der Waals surface area contributed by atoms with Gasteiger partial charge in [-0.3, -0.25) is 4.79 Å². The summed E-state index contributed by atoms with van der Waals surface area (Å²) in [5.74, 6) is 0.359. The summed E-state index contributed by atoms with van der Waals surface area (Å²) in [5, 5.41) is 3.25. The normalized spacial score (nSPS) is 19.9. The standard InChI is InChI=1S/C14H28N2O/c1-3-4-5-6-7-8-9-14(17)16-11-10-13(12-16)15-2/h13,15H,3-12H2,1-2H3. The lowest BCUT2D eigenvalue weighted by Gasteiger charge is -2.16. The molecule has 0 aliphatic carbocycles. The zero-order valence-corrected chi connectivity index (χ0v) is 11.5. The molecule has 1 fully saturated rings. The van der Waals surface area contributed by atoms with E-state index in [1.165, 1.54) is 32.1 Å². The van der Waals surface area contributed by atoms with Gasteiger partial charge in [-0.1, -0.05) is 39.0 Å². The Morgan fingerprint density at radius 3 is 2.59 bits per heavy atom. The summed E-state index contributed by atoms with van der Waals surface area (Å²) in [5.41, 5.74) is 0. The minimum absolute atomic E-state index is 0.359. The number of likely N-dealkylation sites (tertiary alicyclic amines) is 1. The Balaban J connectivity index is 2.01. The van der Waals surface area contributed by atoms with E-state index in [2.05, 4.69) is 12.2 Å². The Morgan fingerprint density at radius 1 is 1.24 bits per heavy atom. The van der Waals surface area contributed by atoms with Gasteiger partial charge in [-0.05, 0) is 19.9 Å². The summed E-state index contributed by atoms with van der Waals surface area (Å²) in [4.78, 5) is 13.9. The largest absolute Gasteiger partial charge is 0.341 e. The van der Waals surface area contributed by atoms with E-state index in [4.69, 9.17) is 0 Å². The van der Waals surface area contributed by atoms with E-state index in [1.807, 2.05) is 11.9 Å². The monoisotopic (exact) mass is 240 g/mol. The maximum absolute atomic E-state index is 11.9. The third kappa shape index (κ3) is 5.53. The molecule has 1 unspecified atom stereocenters. The van der Waals surface area contributed by atoms with Crippen LogP contribution < -0.4 is 5.32 Å². The Morgan fingerprint density at radius 2 is 1.94 bits per heavy atom. The van der Waals surface area contributed by atoms with Crippen LogP contribution in [0, 0.1) is 0 Å². The molecule has 0 saturated carbocycles. The molecule has 0 aromatic rings. The number of unbranched alkanes of at least 4 members (excludes halogenated alkanes) is 5. The highest BCUT2D eigenvalue weighted by atomic mass is 16.2. The fourth-order valence-corrected chi connectivity index (χ4v) is 2.44. The van der Waals surface area contributed by atoms with Crippen LogP contribution in [-0.4, -0.2) is 37.0 Å². The smallest absolute Gasteiger partial charge is 0.222 e. The van der Waals surface area contributed by atoms with E-state index in [0.29, 0.717) is 11.9 Å². The number of nitrogens with one attached hydrogen (secondary N) is 1. The molecule has 0 aromatic carbocycles. The molecule has 1 saturated heterocycles. The first-order chi connectivity index (χ1) is 8.27. The van der Waals surface area contributed by atoms with Crippen molar-refractivity contribution in [3.05, 3.63) is 0 Å². The van der Waals surface area contributed by atoms with E-state index < -0.39 is 0 Å². The zero-order chi connectivity index (χ0) is 12.5. The van der Waals surface area contributed by atoms with Crippen molar-refractivity contribution in [3.63, 3.8) is 0 Å². The number of rotatable bonds is 8. The fourth-order valence-electron chi connectivity index (χ4n) is 2.44.